The number of hydrogen-bond acceptors (Lipinski definition) is 0. The van der Waals surface area contributed by atoms with E-state index in [4.69, 9.17) is 0 Å². The lowest BCUT2D eigenvalue weighted by Crippen LogP contribution is -1.95. The minimum Gasteiger partial charge on any atom is -0.0776 e. The average molecular weight is 238 g/mol. The van der Waals surface area contributed by atoms with Crippen molar-refractivity contribution in [3.05, 3.63) is 72.9 Å². The topological polar surface area (TPSA) is 0 Å². The van der Waals surface area contributed by atoms with Crippen LogP contribution in [0.3, 0.4) is 0 Å². The molecular formula is C18H22. The van der Waals surface area contributed by atoms with E-state index in [1.807, 2.05) is 0 Å². The molecule has 18 heavy (non-hydrogen) atoms. The fraction of sp³-hybridized carbons (Fsp3) is 0.333. The third kappa shape index (κ3) is 4.75. The van der Waals surface area contributed by atoms with Crippen LogP contribution >= 0.6 is 0 Å². The zero-order chi connectivity index (χ0) is 12.5. The Hall–Kier alpha value is -1.56. The summed E-state index contributed by atoms with van der Waals surface area (Å²) in [7, 11) is 0. The quantitative estimate of drug-likeness (QED) is 0.581. The van der Waals surface area contributed by atoms with Crippen LogP contribution in [0.1, 0.15) is 25.7 Å². The second-order valence-corrected chi connectivity index (χ2v) is 4.92. The van der Waals surface area contributed by atoms with E-state index in [1.54, 1.807) is 0 Å². The Bertz CT molecular complexity index is 330. The van der Waals surface area contributed by atoms with Crippen LogP contribution in [-0.2, 0) is 0 Å². The summed E-state index contributed by atoms with van der Waals surface area (Å²) < 4.78 is 0. The molecule has 0 fully saturated rings. The van der Waals surface area contributed by atoms with Crippen LogP contribution in [0.4, 0.5) is 0 Å². The van der Waals surface area contributed by atoms with Crippen molar-refractivity contribution in [3.8, 4) is 0 Å². The van der Waals surface area contributed by atoms with Crippen molar-refractivity contribution in [1.82, 2.24) is 0 Å². The summed E-state index contributed by atoms with van der Waals surface area (Å²) in [6, 6.07) is 0. The number of allylic oxidation sites excluding steroid dienone is 12. The van der Waals surface area contributed by atoms with Crippen LogP contribution in [-0.4, -0.2) is 0 Å². The summed E-state index contributed by atoms with van der Waals surface area (Å²) in [5, 5.41) is 0. The van der Waals surface area contributed by atoms with E-state index in [2.05, 4.69) is 72.9 Å². The van der Waals surface area contributed by atoms with Crippen molar-refractivity contribution in [2.45, 2.75) is 25.7 Å². The van der Waals surface area contributed by atoms with Gasteiger partial charge < -0.3 is 0 Å². The molecule has 94 valence electrons. The van der Waals surface area contributed by atoms with Crippen molar-refractivity contribution in [2.75, 3.05) is 0 Å². The molecule has 0 bridgehead atoms. The molecule has 2 aliphatic rings. The lowest BCUT2D eigenvalue weighted by Gasteiger charge is -2.09. The fourth-order valence-corrected chi connectivity index (χ4v) is 2.36. The maximum atomic E-state index is 2.30. The lowest BCUT2D eigenvalue weighted by molar-refractivity contribution is 0.565. The molecule has 0 aromatic rings. The van der Waals surface area contributed by atoms with E-state index < -0.39 is 0 Å². The maximum Gasteiger partial charge on any atom is -0.00473 e. The molecular weight excluding hydrogens is 216 g/mol. The molecule has 0 heterocycles. The van der Waals surface area contributed by atoms with Crippen molar-refractivity contribution in [3.63, 3.8) is 0 Å². The van der Waals surface area contributed by atoms with Gasteiger partial charge in [-0.05, 0) is 24.7 Å². The molecule has 0 saturated carbocycles. The molecule has 0 nitrogen and oxygen atoms in total. The van der Waals surface area contributed by atoms with Crippen LogP contribution in [0.5, 0.6) is 0 Å². The molecule has 2 rings (SSSR count). The van der Waals surface area contributed by atoms with Crippen molar-refractivity contribution < 1.29 is 0 Å². The van der Waals surface area contributed by atoms with Crippen molar-refractivity contribution in [2.24, 2.45) is 11.8 Å². The molecule has 0 radical (unpaired) electrons. The summed E-state index contributed by atoms with van der Waals surface area (Å²) in [4.78, 5) is 0. The molecule has 0 unspecified atom stereocenters. The van der Waals surface area contributed by atoms with Gasteiger partial charge >= 0.3 is 0 Å². The van der Waals surface area contributed by atoms with E-state index in [0.717, 1.165) is 0 Å². The highest BCUT2D eigenvalue weighted by Gasteiger charge is 2.04. The lowest BCUT2D eigenvalue weighted by atomic mass is 9.96. The highest BCUT2D eigenvalue weighted by Crippen LogP contribution is 2.19. The second-order valence-electron chi connectivity index (χ2n) is 4.92. The first-order valence-electron chi connectivity index (χ1n) is 6.98. The molecule has 0 spiro atoms. The van der Waals surface area contributed by atoms with Gasteiger partial charge in [0.2, 0.25) is 0 Å². The van der Waals surface area contributed by atoms with E-state index in [9.17, 15) is 0 Å². The smallest absolute Gasteiger partial charge is 0.00473 e. The SMILES string of the molecule is C1=CC=CC(CCCCC2C=CC=CC=C2)C=C1. The van der Waals surface area contributed by atoms with E-state index in [1.165, 1.54) is 25.7 Å². The number of hydrogen-bond donors (Lipinski definition) is 0. The highest BCUT2D eigenvalue weighted by atomic mass is 14.1. The molecule has 0 heteroatoms. The normalized spacial score (nSPS) is 19.3. The second kappa shape index (κ2) is 7.71. The zero-order valence-electron chi connectivity index (χ0n) is 10.9. The van der Waals surface area contributed by atoms with Gasteiger partial charge in [0.25, 0.3) is 0 Å². The Morgan fingerprint density at radius 2 is 0.778 bits per heavy atom. The Kier molecular flexibility index (Phi) is 5.52. The Labute approximate surface area is 111 Å². The summed E-state index contributed by atoms with van der Waals surface area (Å²) in [5.74, 6) is 1.25. The summed E-state index contributed by atoms with van der Waals surface area (Å²) in [6.07, 6.45) is 31.4. The molecule has 0 amide bonds. The first-order chi connectivity index (χ1) is 8.95. The van der Waals surface area contributed by atoms with E-state index in [-0.39, 0.29) is 0 Å². The van der Waals surface area contributed by atoms with Crippen LogP contribution in [0.25, 0.3) is 0 Å². The first-order valence-corrected chi connectivity index (χ1v) is 6.98. The maximum absolute atomic E-state index is 2.30. The van der Waals surface area contributed by atoms with E-state index >= 15 is 0 Å². The Morgan fingerprint density at radius 3 is 1.11 bits per heavy atom. The van der Waals surface area contributed by atoms with Gasteiger partial charge in [0.15, 0.2) is 0 Å². The van der Waals surface area contributed by atoms with E-state index in [0.29, 0.717) is 11.8 Å². The van der Waals surface area contributed by atoms with Crippen LogP contribution in [0, 0.1) is 11.8 Å². The van der Waals surface area contributed by atoms with Gasteiger partial charge in [-0.3, -0.25) is 0 Å². The molecule has 0 aromatic heterocycles. The Balaban J connectivity index is 1.64. The minimum atomic E-state index is 0.627. The molecule has 0 saturated heterocycles. The van der Waals surface area contributed by atoms with Crippen LogP contribution < -0.4 is 0 Å². The third-order valence-corrected chi connectivity index (χ3v) is 3.42. The van der Waals surface area contributed by atoms with Crippen LogP contribution in [0.15, 0.2) is 72.9 Å². The standard InChI is InChI=1S/C18H22/c1-2-6-12-17(11-5-1)15-9-10-16-18-13-7-3-4-8-14-18/h1-8,11-14,17-18H,9-10,15-16H2. The molecule has 2 aliphatic carbocycles. The minimum absolute atomic E-state index is 0.627. The third-order valence-electron chi connectivity index (χ3n) is 3.42. The summed E-state index contributed by atoms with van der Waals surface area (Å²) in [5.41, 5.74) is 0. The largest absolute Gasteiger partial charge is 0.0776 e. The molecule has 0 aliphatic heterocycles. The molecule has 0 N–H and O–H groups in total. The summed E-state index contributed by atoms with van der Waals surface area (Å²) >= 11 is 0. The van der Waals surface area contributed by atoms with Gasteiger partial charge in [-0.25, -0.2) is 0 Å². The van der Waals surface area contributed by atoms with Gasteiger partial charge in [-0.1, -0.05) is 85.8 Å². The van der Waals surface area contributed by atoms with Gasteiger partial charge in [-0.15, -0.1) is 0 Å². The van der Waals surface area contributed by atoms with Gasteiger partial charge in [0.05, 0.1) is 0 Å². The predicted molar refractivity (Wildman–Crippen MR) is 80.3 cm³/mol. The van der Waals surface area contributed by atoms with Crippen molar-refractivity contribution in [1.29, 1.82) is 0 Å². The average Bonchev–Trinajstić information content (AvgIpc) is 2.79. The number of rotatable bonds is 5. The molecule has 0 aromatic carbocycles. The zero-order valence-corrected chi connectivity index (χ0v) is 10.9. The fourth-order valence-electron chi connectivity index (χ4n) is 2.36. The van der Waals surface area contributed by atoms with Gasteiger partial charge in [-0.2, -0.15) is 0 Å². The number of unbranched alkanes of at least 4 members (excludes halogenated alkanes) is 1. The Morgan fingerprint density at radius 1 is 0.444 bits per heavy atom. The highest BCUT2D eigenvalue weighted by molar-refractivity contribution is 5.20. The monoisotopic (exact) mass is 238 g/mol. The predicted octanol–water partition coefficient (Wildman–Crippen LogP) is 5.14. The van der Waals surface area contributed by atoms with Crippen LogP contribution in [0.2, 0.25) is 0 Å². The van der Waals surface area contributed by atoms with Gasteiger partial charge in [0.1, 0.15) is 0 Å². The van der Waals surface area contributed by atoms with Crippen molar-refractivity contribution >= 4 is 0 Å². The van der Waals surface area contributed by atoms with Gasteiger partial charge in [0, 0.05) is 0 Å². The molecule has 0 atom stereocenters. The summed E-state index contributed by atoms with van der Waals surface area (Å²) in [6.45, 7) is 0. The first kappa shape index (κ1) is 12.9.